The van der Waals surface area contributed by atoms with Crippen LogP contribution in [0.3, 0.4) is 0 Å². The molecule has 0 atom stereocenters. The largest absolute Gasteiger partial charge is 0.378 e. The summed E-state index contributed by atoms with van der Waals surface area (Å²) in [7, 11) is 0. The quantitative estimate of drug-likeness (QED) is 0.496. The van der Waals surface area contributed by atoms with Gasteiger partial charge in [0.1, 0.15) is 13.1 Å². The van der Waals surface area contributed by atoms with Crippen LogP contribution in [0.5, 0.6) is 0 Å². The van der Waals surface area contributed by atoms with E-state index in [0.717, 1.165) is 63.5 Å². The Morgan fingerprint density at radius 2 is 1.73 bits per heavy atom. The smallest absolute Gasteiger partial charge is 0.294 e. The first-order valence-corrected chi connectivity index (χ1v) is 14.1. The predicted octanol–water partition coefficient (Wildman–Crippen LogP) is 3.56. The second-order valence-electron chi connectivity index (χ2n) is 9.70. The maximum atomic E-state index is 13.1. The molecule has 4 heterocycles. The summed E-state index contributed by atoms with van der Waals surface area (Å²) in [6.45, 7) is 5.49. The molecule has 0 aliphatic carbocycles. The molecule has 11 heteroatoms. The van der Waals surface area contributed by atoms with E-state index in [2.05, 4.69) is 22.9 Å². The summed E-state index contributed by atoms with van der Waals surface area (Å²) in [6.07, 6.45) is 5.57. The summed E-state index contributed by atoms with van der Waals surface area (Å²) in [5.74, 6) is -0.0378. The number of ether oxygens (including phenoxy) is 1. The number of likely N-dealkylation sites (tertiary alicyclic amines) is 1. The number of imide groups is 1. The highest BCUT2D eigenvalue weighted by atomic mass is 79.9. The average Bonchev–Trinajstić information content (AvgIpc) is 3.35. The SMILES string of the molecule is CC1CCN(C(=O)Cn2cc(/C=C3\SC(=O)N(CC(=O)N4CCOCC4)C3=O)c3cc(Br)ccc32)CC1. The maximum Gasteiger partial charge on any atom is 0.294 e. The zero-order valence-corrected chi connectivity index (χ0v) is 23.1. The fourth-order valence-electron chi connectivity index (χ4n) is 4.87. The van der Waals surface area contributed by atoms with Gasteiger partial charge in [-0.05, 0) is 54.8 Å². The van der Waals surface area contributed by atoms with Crippen molar-refractivity contribution in [3.8, 4) is 0 Å². The molecule has 3 saturated heterocycles. The first-order chi connectivity index (χ1) is 17.8. The van der Waals surface area contributed by atoms with Crippen LogP contribution in [0.15, 0.2) is 33.8 Å². The van der Waals surface area contributed by atoms with Gasteiger partial charge in [-0.2, -0.15) is 0 Å². The second kappa shape index (κ2) is 11.0. The molecule has 1 aromatic carbocycles. The number of amides is 4. The van der Waals surface area contributed by atoms with Crippen LogP contribution < -0.4 is 0 Å². The summed E-state index contributed by atoms with van der Waals surface area (Å²) >= 11 is 4.34. The van der Waals surface area contributed by atoms with Gasteiger partial charge < -0.3 is 19.1 Å². The van der Waals surface area contributed by atoms with E-state index in [1.165, 1.54) is 0 Å². The van der Waals surface area contributed by atoms with Crippen molar-refractivity contribution in [1.29, 1.82) is 0 Å². The molecule has 0 unspecified atom stereocenters. The van der Waals surface area contributed by atoms with Gasteiger partial charge in [0.05, 0.1) is 18.1 Å². The maximum absolute atomic E-state index is 13.1. The minimum Gasteiger partial charge on any atom is -0.378 e. The summed E-state index contributed by atoms with van der Waals surface area (Å²) in [6, 6.07) is 5.80. The van der Waals surface area contributed by atoms with E-state index >= 15 is 0 Å². The third kappa shape index (κ3) is 5.63. The molecular weight excluding hydrogens is 560 g/mol. The molecule has 3 fully saturated rings. The van der Waals surface area contributed by atoms with Crippen LogP contribution in [0.25, 0.3) is 17.0 Å². The monoisotopic (exact) mass is 588 g/mol. The van der Waals surface area contributed by atoms with Crippen molar-refractivity contribution in [3.05, 3.63) is 39.3 Å². The van der Waals surface area contributed by atoms with E-state index < -0.39 is 11.1 Å². The molecule has 3 aliphatic rings. The summed E-state index contributed by atoms with van der Waals surface area (Å²) < 4.78 is 8.04. The Morgan fingerprint density at radius 1 is 1.05 bits per heavy atom. The van der Waals surface area contributed by atoms with Gasteiger partial charge in [0, 0.05) is 53.3 Å². The molecule has 2 aromatic rings. The van der Waals surface area contributed by atoms with Gasteiger partial charge >= 0.3 is 0 Å². The molecule has 0 radical (unpaired) electrons. The lowest BCUT2D eigenvalue weighted by Crippen LogP contribution is -2.46. The average molecular weight is 590 g/mol. The number of piperidine rings is 1. The van der Waals surface area contributed by atoms with E-state index in [9.17, 15) is 19.2 Å². The van der Waals surface area contributed by atoms with Crippen LogP contribution in [0.1, 0.15) is 25.3 Å². The summed E-state index contributed by atoms with van der Waals surface area (Å²) in [4.78, 5) is 56.2. The van der Waals surface area contributed by atoms with Crippen LogP contribution in [-0.2, 0) is 25.7 Å². The first kappa shape index (κ1) is 26.0. The van der Waals surface area contributed by atoms with Crippen LogP contribution >= 0.6 is 27.7 Å². The van der Waals surface area contributed by atoms with Gasteiger partial charge in [0.15, 0.2) is 0 Å². The number of carbonyl (C=O) groups excluding carboxylic acids is 4. The number of morpholine rings is 1. The van der Waals surface area contributed by atoms with Crippen molar-refractivity contribution >= 4 is 67.6 Å². The van der Waals surface area contributed by atoms with Crippen molar-refractivity contribution in [1.82, 2.24) is 19.3 Å². The summed E-state index contributed by atoms with van der Waals surface area (Å²) in [5, 5.41) is 0.405. The lowest BCUT2D eigenvalue weighted by Gasteiger charge is -2.30. The molecule has 1 aromatic heterocycles. The van der Waals surface area contributed by atoms with E-state index in [4.69, 9.17) is 4.74 Å². The molecule has 3 aliphatic heterocycles. The molecule has 0 N–H and O–H groups in total. The lowest BCUT2D eigenvalue weighted by atomic mass is 9.99. The number of thioether (sulfide) groups is 1. The number of carbonyl (C=O) groups is 4. The second-order valence-corrected chi connectivity index (χ2v) is 11.6. The molecule has 4 amide bonds. The third-order valence-corrected chi connectivity index (χ3v) is 8.53. The molecule has 196 valence electrons. The molecule has 9 nitrogen and oxygen atoms in total. The highest BCUT2D eigenvalue weighted by molar-refractivity contribution is 9.10. The Hall–Kier alpha value is -2.63. The predicted molar refractivity (Wildman–Crippen MR) is 145 cm³/mol. The van der Waals surface area contributed by atoms with Crippen LogP contribution in [0.2, 0.25) is 0 Å². The Bertz CT molecular complexity index is 1280. The van der Waals surface area contributed by atoms with E-state index in [1.54, 1.807) is 11.0 Å². The molecule has 0 spiro atoms. The first-order valence-electron chi connectivity index (χ1n) is 12.5. The molecule has 0 saturated carbocycles. The Morgan fingerprint density at radius 3 is 2.46 bits per heavy atom. The zero-order chi connectivity index (χ0) is 26.1. The van der Waals surface area contributed by atoms with E-state index in [1.807, 2.05) is 33.9 Å². The minimum absolute atomic E-state index is 0.0696. The van der Waals surface area contributed by atoms with Crippen LogP contribution in [-0.4, -0.2) is 88.2 Å². The van der Waals surface area contributed by atoms with Gasteiger partial charge in [0.25, 0.3) is 11.1 Å². The highest BCUT2D eigenvalue weighted by Crippen LogP contribution is 2.35. The number of hydrogen-bond acceptors (Lipinski definition) is 6. The number of benzene rings is 1. The highest BCUT2D eigenvalue weighted by Gasteiger charge is 2.37. The van der Waals surface area contributed by atoms with E-state index in [-0.39, 0.29) is 29.8 Å². The van der Waals surface area contributed by atoms with Gasteiger partial charge in [-0.3, -0.25) is 24.1 Å². The summed E-state index contributed by atoms with van der Waals surface area (Å²) in [5.41, 5.74) is 1.61. The van der Waals surface area contributed by atoms with Gasteiger partial charge in [-0.1, -0.05) is 22.9 Å². The fraction of sp³-hybridized carbons (Fsp3) is 0.462. The van der Waals surface area contributed by atoms with Crippen LogP contribution in [0.4, 0.5) is 4.79 Å². The molecule has 0 bridgehead atoms. The third-order valence-electron chi connectivity index (χ3n) is 7.13. The number of fused-ring (bicyclic) bond motifs is 1. The fourth-order valence-corrected chi connectivity index (χ4v) is 6.06. The number of halogens is 1. The zero-order valence-electron chi connectivity index (χ0n) is 20.7. The minimum atomic E-state index is -0.481. The van der Waals surface area contributed by atoms with Crippen molar-refractivity contribution in [2.24, 2.45) is 5.92 Å². The number of rotatable bonds is 5. The van der Waals surface area contributed by atoms with Gasteiger partial charge in [0.2, 0.25) is 11.8 Å². The van der Waals surface area contributed by atoms with E-state index in [0.29, 0.717) is 32.2 Å². The Balaban J connectivity index is 1.37. The Labute approximate surface area is 227 Å². The van der Waals surface area contributed by atoms with Crippen molar-refractivity contribution in [2.75, 3.05) is 45.9 Å². The molecule has 5 rings (SSSR count). The van der Waals surface area contributed by atoms with Gasteiger partial charge in [-0.15, -0.1) is 0 Å². The number of nitrogens with zero attached hydrogens (tertiary/aromatic N) is 4. The topological polar surface area (TPSA) is 92.2 Å². The molecule has 37 heavy (non-hydrogen) atoms. The van der Waals surface area contributed by atoms with Crippen molar-refractivity contribution < 1.29 is 23.9 Å². The standard InChI is InChI=1S/C26H29BrN4O5S/c1-17-4-6-28(7-5-17)23(32)15-30-14-18(20-13-19(27)2-3-21(20)30)12-22-25(34)31(26(35)37-22)16-24(33)29-8-10-36-11-9-29/h2-3,12-14,17H,4-11,15-16H2,1H3/b22-12-. The van der Waals surface area contributed by atoms with Crippen molar-refractivity contribution in [2.45, 2.75) is 26.3 Å². The van der Waals surface area contributed by atoms with Crippen molar-refractivity contribution in [3.63, 3.8) is 0 Å². The number of aromatic nitrogens is 1. The number of hydrogen-bond donors (Lipinski definition) is 0. The lowest BCUT2D eigenvalue weighted by molar-refractivity contribution is -0.139. The molecular formula is C26H29BrN4O5S. The normalized spacial score (nSPS) is 20.5. The van der Waals surface area contributed by atoms with Crippen LogP contribution in [0, 0.1) is 5.92 Å². The van der Waals surface area contributed by atoms with Gasteiger partial charge in [-0.25, -0.2) is 0 Å². The Kier molecular flexibility index (Phi) is 7.73.